The van der Waals surface area contributed by atoms with E-state index in [-0.39, 0.29) is 17.7 Å². The Balaban J connectivity index is 1.62. The number of halogens is 3. The zero-order valence-corrected chi connectivity index (χ0v) is 13.7. The number of nitrogens with one attached hydrogen (secondary N) is 2. The number of hydrogen-bond donors (Lipinski definition) is 2. The monoisotopic (exact) mass is 366 g/mol. The van der Waals surface area contributed by atoms with Gasteiger partial charge in [-0.2, -0.15) is 13.2 Å². The predicted octanol–water partition coefficient (Wildman–Crippen LogP) is 3.15. The Labute approximate surface area is 147 Å². The van der Waals surface area contributed by atoms with Gasteiger partial charge in [0.25, 0.3) is 5.91 Å². The number of aromatic nitrogens is 2. The van der Waals surface area contributed by atoms with Gasteiger partial charge in [-0.25, -0.2) is 9.97 Å². The maximum absolute atomic E-state index is 12.6. The Morgan fingerprint density at radius 2 is 2.00 bits per heavy atom. The molecule has 1 aliphatic heterocycles. The van der Waals surface area contributed by atoms with Crippen LogP contribution in [-0.2, 0) is 10.9 Å². The summed E-state index contributed by atoms with van der Waals surface area (Å²) in [5.41, 5.74) is -0.158. The van der Waals surface area contributed by atoms with Gasteiger partial charge < -0.3 is 15.4 Å². The van der Waals surface area contributed by atoms with Crippen LogP contribution in [0.4, 0.5) is 24.7 Å². The first kappa shape index (κ1) is 18.1. The number of anilines is 2. The first-order chi connectivity index (χ1) is 12.4. The van der Waals surface area contributed by atoms with Crippen LogP contribution in [0, 0.1) is 0 Å². The summed E-state index contributed by atoms with van der Waals surface area (Å²) in [5, 5.41) is 5.60. The van der Waals surface area contributed by atoms with E-state index in [9.17, 15) is 18.0 Å². The van der Waals surface area contributed by atoms with Crippen LogP contribution >= 0.6 is 0 Å². The van der Waals surface area contributed by atoms with Crippen molar-refractivity contribution in [2.45, 2.75) is 25.1 Å². The third kappa shape index (κ3) is 4.69. The van der Waals surface area contributed by atoms with Crippen molar-refractivity contribution in [3.8, 4) is 0 Å². The molecule has 0 saturated carbocycles. The highest BCUT2D eigenvalue weighted by Gasteiger charge is 2.29. The molecule has 1 aromatic heterocycles. The predicted molar refractivity (Wildman–Crippen MR) is 88.1 cm³/mol. The minimum Gasteiger partial charge on any atom is -0.376 e. The first-order valence-electron chi connectivity index (χ1n) is 8.08. The van der Waals surface area contributed by atoms with Gasteiger partial charge in [-0.15, -0.1) is 0 Å². The molecule has 1 unspecified atom stereocenters. The van der Waals surface area contributed by atoms with Gasteiger partial charge >= 0.3 is 6.18 Å². The second-order valence-electron chi connectivity index (χ2n) is 5.83. The van der Waals surface area contributed by atoms with Crippen molar-refractivity contribution < 1.29 is 22.7 Å². The van der Waals surface area contributed by atoms with Crippen molar-refractivity contribution >= 4 is 17.4 Å². The Morgan fingerprint density at radius 3 is 2.65 bits per heavy atom. The summed E-state index contributed by atoms with van der Waals surface area (Å²) in [4.78, 5) is 20.0. The highest BCUT2D eigenvalue weighted by Crippen LogP contribution is 2.30. The third-order valence-electron chi connectivity index (χ3n) is 3.90. The largest absolute Gasteiger partial charge is 0.416 e. The number of rotatable bonds is 5. The van der Waals surface area contributed by atoms with Gasteiger partial charge in [0.15, 0.2) is 0 Å². The van der Waals surface area contributed by atoms with Gasteiger partial charge in [0.05, 0.1) is 11.7 Å². The lowest BCUT2D eigenvalue weighted by Crippen LogP contribution is -2.32. The van der Waals surface area contributed by atoms with Gasteiger partial charge in [-0.05, 0) is 37.1 Å². The molecule has 9 heteroatoms. The van der Waals surface area contributed by atoms with Gasteiger partial charge in [-0.1, -0.05) is 0 Å². The van der Waals surface area contributed by atoms with E-state index < -0.39 is 11.7 Å². The molecule has 0 aliphatic carbocycles. The lowest BCUT2D eigenvalue weighted by molar-refractivity contribution is -0.137. The fourth-order valence-electron chi connectivity index (χ4n) is 2.54. The minimum atomic E-state index is -4.39. The summed E-state index contributed by atoms with van der Waals surface area (Å²) >= 11 is 0. The highest BCUT2D eigenvalue weighted by atomic mass is 19.4. The Hall–Kier alpha value is -2.68. The summed E-state index contributed by atoms with van der Waals surface area (Å²) < 4.78 is 43.2. The Bertz CT molecular complexity index is 759. The molecule has 3 rings (SSSR count). The molecule has 138 valence electrons. The molecule has 1 amide bonds. The number of carbonyl (C=O) groups excluding carboxylic acids is 1. The summed E-state index contributed by atoms with van der Waals surface area (Å²) in [6.45, 7) is 1.11. The van der Waals surface area contributed by atoms with Crippen molar-refractivity contribution in [3.05, 3.63) is 47.9 Å². The summed E-state index contributed by atoms with van der Waals surface area (Å²) in [6.07, 6.45) is -1.26. The van der Waals surface area contributed by atoms with Gasteiger partial charge in [0, 0.05) is 24.9 Å². The molecule has 1 aromatic carbocycles. The van der Waals surface area contributed by atoms with Crippen LogP contribution in [0.25, 0.3) is 0 Å². The molecule has 2 heterocycles. The molecule has 2 N–H and O–H groups in total. The van der Waals surface area contributed by atoms with Crippen LogP contribution < -0.4 is 10.6 Å². The molecule has 0 bridgehead atoms. The van der Waals surface area contributed by atoms with Crippen molar-refractivity contribution in [3.63, 3.8) is 0 Å². The molecule has 1 fully saturated rings. The zero-order valence-electron chi connectivity index (χ0n) is 13.7. The van der Waals surface area contributed by atoms with E-state index in [1.54, 1.807) is 0 Å². The molecule has 1 atom stereocenters. The molecule has 26 heavy (non-hydrogen) atoms. The average Bonchev–Trinajstić information content (AvgIpc) is 3.13. The van der Waals surface area contributed by atoms with Crippen LogP contribution in [0.1, 0.15) is 28.9 Å². The van der Waals surface area contributed by atoms with Crippen LogP contribution in [-0.4, -0.2) is 35.1 Å². The number of alkyl halides is 3. The molecular formula is C17H17F3N4O2. The van der Waals surface area contributed by atoms with E-state index in [0.717, 1.165) is 25.0 Å². The fourth-order valence-corrected chi connectivity index (χ4v) is 2.54. The van der Waals surface area contributed by atoms with Crippen LogP contribution in [0.2, 0.25) is 0 Å². The maximum atomic E-state index is 12.6. The Kier molecular flexibility index (Phi) is 5.36. The van der Waals surface area contributed by atoms with E-state index in [1.165, 1.54) is 24.5 Å². The van der Waals surface area contributed by atoms with E-state index in [1.807, 2.05) is 0 Å². The molecule has 0 spiro atoms. The van der Waals surface area contributed by atoms with E-state index in [0.29, 0.717) is 24.7 Å². The van der Waals surface area contributed by atoms with E-state index >= 15 is 0 Å². The number of benzene rings is 1. The molecule has 2 aromatic rings. The van der Waals surface area contributed by atoms with Crippen molar-refractivity contribution in [1.29, 1.82) is 0 Å². The lowest BCUT2D eigenvalue weighted by Gasteiger charge is -2.11. The summed E-state index contributed by atoms with van der Waals surface area (Å²) in [6, 6.07) is 5.96. The summed E-state index contributed by atoms with van der Waals surface area (Å²) in [5.74, 6) is -0.0552. The van der Waals surface area contributed by atoms with Gasteiger partial charge in [0.1, 0.15) is 17.8 Å². The second-order valence-corrected chi connectivity index (χ2v) is 5.83. The molecule has 1 saturated heterocycles. The van der Waals surface area contributed by atoms with Gasteiger partial charge in [-0.3, -0.25) is 4.79 Å². The number of carbonyl (C=O) groups is 1. The van der Waals surface area contributed by atoms with Crippen molar-refractivity contribution in [1.82, 2.24) is 15.3 Å². The maximum Gasteiger partial charge on any atom is 0.416 e. The zero-order chi connectivity index (χ0) is 18.6. The minimum absolute atomic E-state index is 0.0190. The van der Waals surface area contributed by atoms with Crippen molar-refractivity contribution in [2.24, 2.45) is 0 Å². The fraction of sp³-hybridized carbons (Fsp3) is 0.353. The highest BCUT2D eigenvalue weighted by molar-refractivity contribution is 5.93. The SMILES string of the molecule is O=C(NCC1CCCO1)c1cc(Nc2ccc(C(F)(F)F)cc2)ncn1. The number of hydrogen-bond acceptors (Lipinski definition) is 5. The Morgan fingerprint density at radius 1 is 1.23 bits per heavy atom. The molecule has 0 radical (unpaired) electrons. The first-order valence-corrected chi connectivity index (χ1v) is 8.08. The standard InChI is InChI=1S/C17H17F3N4O2/c18-17(19,20)11-3-5-12(6-4-11)24-15-8-14(22-10-23-15)16(25)21-9-13-2-1-7-26-13/h3-6,8,10,13H,1-2,7,9H2,(H,21,25)(H,22,23,24). The number of amides is 1. The summed E-state index contributed by atoms with van der Waals surface area (Å²) in [7, 11) is 0. The topological polar surface area (TPSA) is 76.1 Å². The molecule has 6 nitrogen and oxygen atoms in total. The van der Waals surface area contributed by atoms with Crippen LogP contribution in [0.15, 0.2) is 36.7 Å². The van der Waals surface area contributed by atoms with Crippen LogP contribution in [0.5, 0.6) is 0 Å². The number of ether oxygens (including phenoxy) is 1. The third-order valence-corrected chi connectivity index (χ3v) is 3.90. The normalized spacial score (nSPS) is 17.1. The van der Waals surface area contributed by atoms with Crippen LogP contribution in [0.3, 0.4) is 0 Å². The number of nitrogens with zero attached hydrogens (tertiary/aromatic N) is 2. The smallest absolute Gasteiger partial charge is 0.376 e. The van der Waals surface area contributed by atoms with E-state index in [4.69, 9.17) is 4.74 Å². The average molecular weight is 366 g/mol. The quantitative estimate of drug-likeness (QED) is 0.850. The molecular weight excluding hydrogens is 349 g/mol. The van der Waals surface area contributed by atoms with E-state index in [2.05, 4.69) is 20.6 Å². The molecule has 1 aliphatic rings. The van der Waals surface area contributed by atoms with Gasteiger partial charge in [0.2, 0.25) is 0 Å². The lowest BCUT2D eigenvalue weighted by atomic mass is 10.2. The second kappa shape index (κ2) is 7.69. The van der Waals surface area contributed by atoms with Crippen molar-refractivity contribution in [2.75, 3.05) is 18.5 Å².